The molecule has 6 nitrogen and oxygen atoms in total. The number of halogens is 1. The first kappa shape index (κ1) is 22.2. The zero-order chi connectivity index (χ0) is 19.6. The molecule has 0 unspecified atom stereocenters. The van der Waals surface area contributed by atoms with Crippen LogP contribution < -0.4 is 10.0 Å². The molecule has 2 aromatic carbocycles. The molecule has 0 bridgehead atoms. The molecule has 1 heterocycles. The smallest absolute Gasteiger partial charge is 0.262 e. The van der Waals surface area contributed by atoms with Gasteiger partial charge in [0.25, 0.3) is 15.9 Å². The number of amides is 1. The van der Waals surface area contributed by atoms with Crippen molar-refractivity contribution in [3.63, 3.8) is 0 Å². The Balaban J connectivity index is 0.00000280. The molecule has 1 aliphatic heterocycles. The molecule has 28 heavy (non-hydrogen) atoms. The van der Waals surface area contributed by atoms with E-state index >= 15 is 0 Å². The number of aryl methyl sites for hydroxylation is 2. The highest BCUT2D eigenvalue weighted by Crippen LogP contribution is 2.22. The minimum Gasteiger partial charge on any atom is -0.333 e. The van der Waals surface area contributed by atoms with E-state index in [1.54, 1.807) is 43.3 Å². The number of carbonyl (C=O) groups excluding carboxylic acids is 1. The Morgan fingerprint density at radius 3 is 2.64 bits per heavy atom. The molecular formula is C20H26ClN3O3S. The van der Waals surface area contributed by atoms with Crippen molar-refractivity contribution in [2.75, 3.05) is 24.4 Å². The summed E-state index contributed by atoms with van der Waals surface area (Å²) in [6, 6.07) is 12.1. The summed E-state index contributed by atoms with van der Waals surface area (Å²) in [6.07, 6.45) is 0. The van der Waals surface area contributed by atoms with Crippen LogP contribution in [0.1, 0.15) is 28.4 Å². The maximum atomic E-state index is 12.8. The number of carbonyl (C=O) groups is 1. The van der Waals surface area contributed by atoms with Crippen LogP contribution in [0.3, 0.4) is 0 Å². The largest absolute Gasteiger partial charge is 0.333 e. The van der Waals surface area contributed by atoms with Gasteiger partial charge in [0.05, 0.1) is 4.90 Å². The molecule has 3 rings (SSSR count). The lowest BCUT2D eigenvalue weighted by atomic mass is 10.1. The van der Waals surface area contributed by atoms with Gasteiger partial charge in [0.2, 0.25) is 0 Å². The van der Waals surface area contributed by atoms with Crippen LogP contribution in [0.2, 0.25) is 0 Å². The van der Waals surface area contributed by atoms with Gasteiger partial charge in [0.15, 0.2) is 0 Å². The maximum Gasteiger partial charge on any atom is 0.262 e. The second-order valence-electron chi connectivity index (χ2n) is 7.01. The van der Waals surface area contributed by atoms with Gasteiger partial charge in [-0.2, -0.15) is 0 Å². The summed E-state index contributed by atoms with van der Waals surface area (Å²) in [4.78, 5) is 14.9. The normalized spacial score (nSPS) is 17.0. The minimum atomic E-state index is -3.73. The van der Waals surface area contributed by atoms with E-state index in [-0.39, 0.29) is 29.3 Å². The van der Waals surface area contributed by atoms with E-state index < -0.39 is 10.0 Å². The van der Waals surface area contributed by atoms with E-state index in [0.717, 1.165) is 18.7 Å². The fraction of sp³-hybridized carbons (Fsp3) is 0.350. The second kappa shape index (κ2) is 8.94. The molecule has 1 saturated heterocycles. The molecule has 1 amide bonds. The molecule has 0 aliphatic carbocycles. The third-order valence-electron chi connectivity index (χ3n) is 4.76. The lowest BCUT2D eigenvalue weighted by Crippen LogP contribution is -2.52. The van der Waals surface area contributed by atoms with Gasteiger partial charge in [0.1, 0.15) is 0 Å². The van der Waals surface area contributed by atoms with E-state index in [0.29, 0.717) is 23.4 Å². The molecule has 8 heteroatoms. The van der Waals surface area contributed by atoms with Gasteiger partial charge in [0, 0.05) is 36.9 Å². The van der Waals surface area contributed by atoms with Gasteiger partial charge in [-0.1, -0.05) is 18.2 Å². The molecule has 1 aliphatic rings. The summed E-state index contributed by atoms with van der Waals surface area (Å²) in [5, 5.41) is 3.26. The van der Waals surface area contributed by atoms with Crippen molar-refractivity contribution in [2.45, 2.75) is 31.7 Å². The molecule has 2 aromatic rings. The molecule has 0 radical (unpaired) electrons. The van der Waals surface area contributed by atoms with Crippen molar-refractivity contribution in [1.82, 2.24) is 10.2 Å². The predicted molar refractivity (Wildman–Crippen MR) is 114 cm³/mol. The van der Waals surface area contributed by atoms with Crippen molar-refractivity contribution in [2.24, 2.45) is 0 Å². The predicted octanol–water partition coefficient (Wildman–Crippen LogP) is 2.96. The molecule has 1 atom stereocenters. The zero-order valence-electron chi connectivity index (χ0n) is 16.2. The van der Waals surface area contributed by atoms with Crippen molar-refractivity contribution >= 4 is 34.0 Å². The van der Waals surface area contributed by atoms with E-state index in [2.05, 4.69) is 10.0 Å². The van der Waals surface area contributed by atoms with E-state index in [1.807, 2.05) is 24.8 Å². The standard InChI is InChI=1S/C20H25N3O3S.ClH/c1-14-7-8-15(2)19(11-14)27(25,26)22-18-6-4-5-17(12-18)20(24)23-10-9-21-13-16(23)3;/h4-8,11-12,16,21-22H,9-10,13H2,1-3H3;1H/t16-;/m0./s1. The van der Waals surface area contributed by atoms with Gasteiger partial charge in [-0.25, -0.2) is 8.42 Å². The summed E-state index contributed by atoms with van der Waals surface area (Å²) in [5.74, 6) is -0.0863. The molecule has 2 N–H and O–H groups in total. The Hall–Kier alpha value is -2.09. The maximum absolute atomic E-state index is 12.8. The quantitative estimate of drug-likeness (QED) is 0.792. The molecule has 152 valence electrons. The number of rotatable bonds is 4. The number of sulfonamides is 1. The van der Waals surface area contributed by atoms with Gasteiger partial charge < -0.3 is 10.2 Å². The van der Waals surface area contributed by atoms with Crippen LogP contribution in [0.15, 0.2) is 47.4 Å². The summed E-state index contributed by atoms with van der Waals surface area (Å²) in [6.45, 7) is 7.77. The molecule has 0 spiro atoms. The number of hydrogen-bond donors (Lipinski definition) is 2. The Labute approximate surface area is 172 Å². The molecule has 0 saturated carbocycles. The first-order valence-electron chi connectivity index (χ1n) is 9.00. The zero-order valence-corrected chi connectivity index (χ0v) is 17.9. The van der Waals surface area contributed by atoms with Gasteiger partial charge in [-0.05, 0) is 56.2 Å². The van der Waals surface area contributed by atoms with E-state index in [9.17, 15) is 13.2 Å². The summed E-state index contributed by atoms with van der Waals surface area (Å²) in [5.41, 5.74) is 2.40. The molecule has 0 aromatic heterocycles. The second-order valence-corrected chi connectivity index (χ2v) is 8.66. The summed E-state index contributed by atoms with van der Waals surface area (Å²) in [7, 11) is -3.73. The SMILES string of the molecule is Cc1ccc(C)c(S(=O)(=O)Nc2cccc(C(=O)N3CCNC[C@@H]3C)c2)c1.Cl. The first-order valence-corrected chi connectivity index (χ1v) is 10.5. The van der Waals surface area contributed by atoms with Crippen LogP contribution in [0.5, 0.6) is 0 Å². The molecule has 1 fully saturated rings. The highest BCUT2D eigenvalue weighted by molar-refractivity contribution is 7.92. The number of nitrogens with one attached hydrogen (secondary N) is 2. The number of nitrogens with zero attached hydrogens (tertiary/aromatic N) is 1. The fourth-order valence-corrected chi connectivity index (χ4v) is 4.61. The van der Waals surface area contributed by atoms with Crippen LogP contribution in [-0.4, -0.2) is 44.9 Å². The van der Waals surface area contributed by atoms with Crippen molar-refractivity contribution in [3.8, 4) is 0 Å². The van der Waals surface area contributed by atoms with E-state index in [1.165, 1.54) is 0 Å². The van der Waals surface area contributed by atoms with Crippen molar-refractivity contribution in [3.05, 3.63) is 59.2 Å². The topological polar surface area (TPSA) is 78.5 Å². The highest BCUT2D eigenvalue weighted by atomic mass is 35.5. The van der Waals surface area contributed by atoms with Gasteiger partial charge >= 0.3 is 0 Å². The van der Waals surface area contributed by atoms with Crippen molar-refractivity contribution < 1.29 is 13.2 Å². The molecular weight excluding hydrogens is 398 g/mol. The summed E-state index contributed by atoms with van der Waals surface area (Å²) < 4.78 is 28.2. The van der Waals surface area contributed by atoms with Crippen LogP contribution in [0.4, 0.5) is 5.69 Å². The van der Waals surface area contributed by atoms with Crippen LogP contribution in [0, 0.1) is 13.8 Å². The Bertz CT molecular complexity index is 963. The minimum absolute atomic E-state index is 0. The summed E-state index contributed by atoms with van der Waals surface area (Å²) >= 11 is 0. The average molecular weight is 424 g/mol. The van der Waals surface area contributed by atoms with Crippen molar-refractivity contribution in [1.29, 1.82) is 0 Å². The van der Waals surface area contributed by atoms with Crippen LogP contribution in [-0.2, 0) is 10.0 Å². The van der Waals surface area contributed by atoms with Gasteiger partial charge in [-0.15, -0.1) is 12.4 Å². The third-order valence-corrected chi connectivity index (χ3v) is 6.28. The van der Waals surface area contributed by atoms with E-state index in [4.69, 9.17) is 0 Å². The lowest BCUT2D eigenvalue weighted by molar-refractivity contribution is 0.0656. The number of piperazine rings is 1. The Kier molecular flexibility index (Phi) is 7.09. The Morgan fingerprint density at radius 2 is 1.93 bits per heavy atom. The number of anilines is 1. The first-order chi connectivity index (χ1) is 12.8. The highest BCUT2D eigenvalue weighted by Gasteiger charge is 2.24. The fourth-order valence-electron chi connectivity index (χ4n) is 3.23. The monoisotopic (exact) mass is 423 g/mol. The third kappa shape index (κ3) is 4.84. The van der Waals surface area contributed by atoms with Gasteiger partial charge in [-0.3, -0.25) is 9.52 Å². The van der Waals surface area contributed by atoms with Crippen LogP contribution >= 0.6 is 12.4 Å². The number of hydrogen-bond acceptors (Lipinski definition) is 4. The Morgan fingerprint density at radius 1 is 1.18 bits per heavy atom. The lowest BCUT2D eigenvalue weighted by Gasteiger charge is -2.34. The van der Waals surface area contributed by atoms with Crippen LogP contribution in [0.25, 0.3) is 0 Å². The number of benzene rings is 2. The average Bonchev–Trinajstić information content (AvgIpc) is 2.63.